The van der Waals surface area contributed by atoms with Gasteiger partial charge >= 0.3 is 0 Å². The Balaban J connectivity index is 1.68. The molecule has 2 atom stereocenters. The van der Waals surface area contributed by atoms with Gasteiger partial charge in [-0.2, -0.15) is 0 Å². The van der Waals surface area contributed by atoms with Gasteiger partial charge in [0.05, 0.1) is 13.2 Å². The van der Waals surface area contributed by atoms with Crippen LogP contribution in [0.1, 0.15) is 24.8 Å². The highest BCUT2D eigenvalue weighted by Crippen LogP contribution is 2.29. The lowest BCUT2D eigenvalue weighted by atomic mass is 9.96. The summed E-state index contributed by atoms with van der Waals surface area (Å²) in [6.45, 7) is 0. The van der Waals surface area contributed by atoms with Crippen molar-refractivity contribution in [3.8, 4) is 16.9 Å². The Kier molecular flexibility index (Phi) is 4.26. The van der Waals surface area contributed by atoms with Gasteiger partial charge in [-0.1, -0.05) is 36.4 Å². The predicted octanol–water partition coefficient (Wildman–Crippen LogP) is 4.07. The molecule has 2 aromatic carbocycles. The summed E-state index contributed by atoms with van der Waals surface area (Å²) in [6.07, 6.45) is 4.09. The van der Waals surface area contributed by atoms with Gasteiger partial charge in [-0.15, -0.1) is 0 Å². The molecule has 2 unspecified atom stereocenters. The molecule has 1 fully saturated rings. The normalized spacial score (nSPS) is 21.4. The number of benzene rings is 2. The van der Waals surface area contributed by atoms with Crippen LogP contribution >= 0.6 is 0 Å². The van der Waals surface area contributed by atoms with Gasteiger partial charge < -0.3 is 9.84 Å². The molecule has 1 aliphatic carbocycles. The van der Waals surface area contributed by atoms with Crippen molar-refractivity contribution in [1.82, 2.24) is 0 Å². The quantitative estimate of drug-likeness (QED) is 0.916. The molecule has 0 amide bonds. The van der Waals surface area contributed by atoms with Crippen LogP contribution in [0.5, 0.6) is 5.75 Å². The second kappa shape index (κ2) is 6.31. The van der Waals surface area contributed by atoms with Gasteiger partial charge in [0.2, 0.25) is 0 Å². The maximum Gasteiger partial charge on any atom is 0.118 e. The third-order valence-corrected chi connectivity index (χ3v) is 4.42. The number of ether oxygens (including phenoxy) is 1. The first kappa shape index (κ1) is 14.2. The molecule has 0 aliphatic heterocycles. The highest BCUT2D eigenvalue weighted by atomic mass is 16.5. The minimum absolute atomic E-state index is 0.0754. The topological polar surface area (TPSA) is 29.5 Å². The SMILES string of the molecule is COc1ccc(-c2ccc(CC3CCC(O)C3)cc2)cc1. The van der Waals surface area contributed by atoms with E-state index in [0.29, 0.717) is 5.92 Å². The van der Waals surface area contributed by atoms with E-state index >= 15 is 0 Å². The molecule has 1 aliphatic rings. The third kappa shape index (κ3) is 3.45. The lowest BCUT2D eigenvalue weighted by molar-refractivity contribution is 0.177. The first-order chi connectivity index (χ1) is 10.2. The molecule has 2 heteroatoms. The van der Waals surface area contributed by atoms with Crippen LogP contribution in [0.2, 0.25) is 0 Å². The first-order valence-corrected chi connectivity index (χ1v) is 7.66. The Bertz CT molecular complexity index is 572. The zero-order valence-electron chi connectivity index (χ0n) is 12.5. The summed E-state index contributed by atoms with van der Waals surface area (Å²) in [5, 5.41) is 9.60. The summed E-state index contributed by atoms with van der Waals surface area (Å²) in [5.74, 6) is 1.53. The van der Waals surface area contributed by atoms with Crippen LogP contribution in [0.15, 0.2) is 48.5 Å². The summed E-state index contributed by atoms with van der Waals surface area (Å²) in [4.78, 5) is 0. The molecule has 0 spiro atoms. The fourth-order valence-corrected chi connectivity index (χ4v) is 3.18. The van der Waals surface area contributed by atoms with E-state index in [-0.39, 0.29) is 6.10 Å². The molecule has 2 nitrogen and oxygen atoms in total. The number of methoxy groups -OCH3 is 1. The van der Waals surface area contributed by atoms with Crippen LogP contribution < -0.4 is 4.74 Å². The minimum Gasteiger partial charge on any atom is -0.497 e. The van der Waals surface area contributed by atoms with Crippen molar-refractivity contribution in [3.63, 3.8) is 0 Å². The first-order valence-electron chi connectivity index (χ1n) is 7.66. The second-order valence-corrected chi connectivity index (χ2v) is 5.96. The molecule has 0 aromatic heterocycles. The van der Waals surface area contributed by atoms with E-state index in [4.69, 9.17) is 4.74 Å². The van der Waals surface area contributed by atoms with Gasteiger partial charge in [0.15, 0.2) is 0 Å². The molecule has 2 aromatic rings. The van der Waals surface area contributed by atoms with Gasteiger partial charge in [-0.3, -0.25) is 0 Å². The zero-order chi connectivity index (χ0) is 14.7. The van der Waals surface area contributed by atoms with Crippen molar-refractivity contribution >= 4 is 0 Å². The standard InChI is InChI=1S/C19H22O2/c1-21-19-10-7-17(8-11-19)16-5-2-14(3-6-16)12-15-4-9-18(20)13-15/h2-3,5-8,10-11,15,18,20H,4,9,12-13H2,1H3. The molecule has 0 saturated heterocycles. The molecule has 0 radical (unpaired) electrons. The van der Waals surface area contributed by atoms with Gasteiger partial charge in [0.25, 0.3) is 0 Å². The van der Waals surface area contributed by atoms with Crippen molar-refractivity contribution in [1.29, 1.82) is 0 Å². The average molecular weight is 282 g/mol. The summed E-state index contributed by atoms with van der Waals surface area (Å²) in [5.41, 5.74) is 3.80. The van der Waals surface area contributed by atoms with Gasteiger partial charge in [-0.25, -0.2) is 0 Å². The van der Waals surface area contributed by atoms with E-state index in [9.17, 15) is 5.11 Å². The number of hydrogen-bond acceptors (Lipinski definition) is 2. The minimum atomic E-state index is -0.0754. The lowest BCUT2D eigenvalue weighted by Crippen LogP contribution is -2.03. The number of hydrogen-bond donors (Lipinski definition) is 1. The maximum absolute atomic E-state index is 9.60. The Morgan fingerprint density at radius 1 is 0.952 bits per heavy atom. The Morgan fingerprint density at radius 2 is 1.57 bits per heavy atom. The van der Waals surface area contributed by atoms with Crippen molar-refractivity contribution in [3.05, 3.63) is 54.1 Å². The molecule has 1 saturated carbocycles. The number of rotatable bonds is 4. The lowest BCUT2D eigenvalue weighted by Gasteiger charge is -2.10. The summed E-state index contributed by atoms with van der Waals surface area (Å²) in [6, 6.07) is 16.9. The molecular weight excluding hydrogens is 260 g/mol. The van der Waals surface area contributed by atoms with Crippen molar-refractivity contribution in [2.45, 2.75) is 31.8 Å². The third-order valence-electron chi connectivity index (χ3n) is 4.42. The van der Waals surface area contributed by atoms with Crippen molar-refractivity contribution in [2.24, 2.45) is 5.92 Å². The number of aliphatic hydroxyl groups is 1. The zero-order valence-corrected chi connectivity index (χ0v) is 12.5. The van der Waals surface area contributed by atoms with Crippen LogP contribution in [0, 0.1) is 5.92 Å². The van der Waals surface area contributed by atoms with E-state index in [1.54, 1.807) is 7.11 Å². The van der Waals surface area contributed by atoms with Crippen LogP contribution in [-0.4, -0.2) is 18.3 Å². The van der Waals surface area contributed by atoms with Crippen molar-refractivity contribution < 1.29 is 9.84 Å². The maximum atomic E-state index is 9.60. The monoisotopic (exact) mass is 282 g/mol. The van der Waals surface area contributed by atoms with Gasteiger partial charge in [-0.05, 0) is 60.4 Å². The Morgan fingerprint density at radius 3 is 2.10 bits per heavy atom. The molecule has 21 heavy (non-hydrogen) atoms. The Hall–Kier alpha value is -1.80. The predicted molar refractivity (Wildman–Crippen MR) is 85.5 cm³/mol. The molecule has 1 N–H and O–H groups in total. The molecule has 110 valence electrons. The van der Waals surface area contributed by atoms with Gasteiger partial charge in [0, 0.05) is 0 Å². The van der Waals surface area contributed by atoms with Crippen molar-refractivity contribution in [2.75, 3.05) is 7.11 Å². The van der Waals surface area contributed by atoms with E-state index in [2.05, 4.69) is 36.4 Å². The van der Waals surface area contributed by atoms with E-state index in [1.165, 1.54) is 16.7 Å². The molecule has 0 bridgehead atoms. The van der Waals surface area contributed by atoms with E-state index < -0.39 is 0 Å². The summed E-state index contributed by atoms with van der Waals surface area (Å²) < 4.78 is 5.19. The molecule has 3 rings (SSSR count). The number of aliphatic hydroxyl groups excluding tert-OH is 1. The summed E-state index contributed by atoms with van der Waals surface area (Å²) in [7, 11) is 1.68. The van der Waals surface area contributed by atoms with Crippen LogP contribution in [0.25, 0.3) is 11.1 Å². The van der Waals surface area contributed by atoms with E-state index in [0.717, 1.165) is 31.4 Å². The second-order valence-electron chi connectivity index (χ2n) is 5.96. The Labute approximate surface area is 126 Å². The molecule has 0 heterocycles. The highest BCUT2D eigenvalue weighted by molar-refractivity contribution is 5.64. The average Bonchev–Trinajstić information content (AvgIpc) is 2.93. The fraction of sp³-hybridized carbons (Fsp3) is 0.368. The van der Waals surface area contributed by atoms with Crippen LogP contribution in [0.4, 0.5) is 0 Å². The largest absolute Gasteiger partial charge is 0.497 e. The van der Waals surface area contributed by atoms with Crippen LogP contribution in [-0.2, 0) is 6.42 Å². The molecular formula is C19H22O2. The highest BCUT2D eigenvalue weighted by Gasteiger charge is 2.22. The summed E-state index contributed by atoms with van der Waals surface area (Å²) >= 11 is 0. The van der Waals surface area contributed by atoms with Crippen LogP contribution in [0.3, 0.4) is 0 Å². The van der Waals surface area contributed by atoms with E-state index in [1.807, 2.05) is 12.1 Å². The van der Waals surface area contributed by atoms with Gasteiger partial charge in [0.1, 0.15) is 5.75 Å². The fourth-order valence-electron chi connectivity index (χ4n) is 3.18. The smallest absolute Gasteiger partial charge is 0.118 e.